The SMILES string of the molecule is [C-]#[N+]c1ccc(-c2ccc(N(c3ccc(-c4ccc(C#N)cc4)cc3)c3ccc(C#N)c(C#N)c3)cc2)cc1. The van der Waals surface area contributed by atoms with Crippen molar-refractivity contribution in [1.29, 1.82) is 15.8 Å². The summed E-state index contributed by atoms with van der Waals surface area (Å²) in [6, 6.07) is 42.6. The maximum atomic E-state index is 9.64. The molecule has 0 fully saturated rings. The molecule has 5 heteroatoms. The Balaban J connectivity index is 1.55. The van der Waals surface area contributed by atoms with Gasteiger partial charge in [-0.2, -0.15) is 15.8 Å². The first-order valence-corrected chi connectivity index (χ1v) is 12.1. The Hall–Kier alpha value is -6.14. The van der Waals surface area contributed by atoms with Gasteiger partial charge in [0.25, 0.3) is 0 Å². The van der Waals surface area contributed by atoms with Crippen LogP contribution < -0.4 is 4.90 Å². The highest BCUT2D eigenvalue weighted by atomic mass is 15.1. The molecule has 0 unspecified atom stereocenters. The van der Waals surface area contributed by atoms with Crippen LogP contribution in [0.15, 0.2) is 115 Å². The predicted molar refractivity (Wildman–Crippen MR) is 152 cm³/mol. The van der Waals surface area contributed by atoms with E-state index in [2.05, 4.69) is 23.1 Å². The molecule has 0 aromatic heterocycles. The van der Waals surface area contributed by atoms with Gasteiger partial charge in [-0.1, -0.05) is 60.7 Å². The van der Waals surface area contributed by atoms with Gasteiger partial charge in [0, 0.05) is 17.1 Å². The molecule has 0 atom stereocenters. The lowest BCUT2D eigenvalue weighted by molar-refractivity contribution is 1.27. The highest BCUT2D eigenvalue weighted by molar-refractivity contribution is 5.81. The average Bonchev–Trinajstić information content (AvgIpc) is 3.02. The van der Waals surface area contributed by atoms with Gasteiger partial charge in [-0.3, -0.25) is 0 Å². The number of anilines is 3. The third-order valence-electron chi connectivity index (χ3n) is 6.43. The van der Waals surface area contributed by atoms with E-state index in [-0.39, 0.29) is 0 Å². The molecular formula is C34H19N5. The molecule has 0 amide bonds. The molecule has 0 heterocycles. The highest BCUT2D eigenvalue weighted by Crippen LogP contribution is 2.37. The first-order chi connectivity index (χ1) is 19.1. The lowest BCUT2D eigenvalue weighted by atomic mass is 10.0. The van der Waals surface area contributed by atoms with Crippen LogP contribution >= 0.6 is 0 Å². The van der Waals surface area contributed by atoms with E-state index in [4.69, 9.17) is 11.8 Å². The Morgan fingerprint density at radius 3 is 1.36 bits per heavy atom. The predicted octanol–water partition coefficient (Wildman–Crippen LogP) is 8.66. The quantitative estimate of drug-likeness (QED) is 0.228. The summed E-state index contributed by atoms with van der Waals surface area (Å²) >= 11 is 0. The second-order valence-corrected chi connectivity index (χ2v) is 8.73. The maximum Gasteiger partial charge on any atom is 0.187 e. The van der Waals surface area contributed by atoms with Crippen LogP contribution in [0.5, 0.6) is 0 Å². The Kier molecular flexibility index (Phi) is 6.84. The Morgan fingerprint density at radius 1 is 0.487 bits per heavy atom. The van der Waals surface area contributed by atoms with E-state index in [1.54, 1.807) is 36.4 Å². The second kappa shape index (κ2) is 10.9. The largest absolute Gasteiger partial charge is 0.310 e. The van der Waals surface area contributed by atoms with Crippen LogP contribution in [-0.4, -0.2) is 0 Å². The van der Waals surface area contributed by atoms with Crippen LogP contribution in [0.4, 0.5) is 22.7 Å². The normalized spacial score (nSPS) is 9.95. The summed E-state index contributed by atoms with van der Waals surface area (Å²) in [7, 11) is 0. The molecule has 0 aliphatic heterocycles. The van der Waals surface area contributed by atoms with Gasteiger partial charge in [-0.05, 0) is 76.9 Å². The van der Waals surface area contributed by atoms with Gasteiger partial charge in [-0.25, -0.2) is 4.85 Å². The highest BCUT2D eigenvalue weighted by Gasteiger charge is 2.15. The Labute approximate surface area is 227 Å². The van der Waals surface area contributed by atoms with Crippen molar-refractivity contribution < 1.29 is 0 Å². The van der Waals surface area contributed by atoms with E-state index in [1.807, 2.05) is 83.8 Å². The van der Waals surface area contributed by atoms with Crippen molar-refractivity contribution in [2.45, 2.75) is 0 Å². The van der Waals surface area contributed by atoms with E-state index < -0.39 is 0 Å². The maximum absolute atomic E-state index is 9.64. The molecule has 0 aliphatic carbocycles. The zero-order chi connectivity index (χ0) is 27.2. The van der Waals surface area contributed by atoms with Crippen molar-refractivity contribution in [3.63, 3.8) is 0 Å². The number of rotatable bonds is 5. The Morgan fingerprint density at radius 2 is 0.923 bits per heavy atom. The van der Waals surface area contributed by atoms with Crippen molar-refractivity contribution in [2.24, 2.45) is 0 Å². The molecule has 0 bridgehead atoms. The monoisotopic (exact) mass is 497 g/mol. The van der Waals surface area contributed by atoms with Gasteiger partial charge in [0.2, 0.25) is 0 Å². The van der Waals surface area contributed by atoms with Crippen molar-refractivity contribution in [3.05, 3.63) is 143 Å². The van der Waals surface area contributed by atoms with Gasteiger partial charge in [0.05, 0.1) is 29.3 Å². The lowest BCUT2D eigenvalue weighted by Crippen LogP contribution is -2.10. The Bertz CT molecular complexity index is 1710. The first kappa shape index (κ1) is 24.5. The summed E-state index contributed by atoms with van der Waals surface area (Å²) in [6.45, 7) is 7.16. The lowest BCUT2D eigenvalue weighted by Gasteiger charge is -2.26. The third kappa shape index (κ3) is 5.07. The van der Waals surface area contributed by atoms with Gasteiger partial charge >= 0.3 is 0 Å². The van der Waals surface area contributed by atoms with Gasteiger partial charge in [-0.15, -0.1) is 0 Å². The average molecular weight is 498 g/mol. The molecule has 0 radical (unpaired) electrons. The van der Waals surface area contributed by atoms with Crippen LogP contribution in [0.2, 0.25) is 0 Å². The summed E-state index contributed by atoms with van der Waals surface area (Å²) in [5.74, 6) is 0. The summed E-state index contributed by atoms with van der Waals surface area (Å²) in [6.07, 6.45) is 0. The fourth-order valence-electron chi connectivity index (χ4n) is 4.38. The minimum Gasteiger partial charge on any atom is -0.310 e. The summed E-state index contributed by atoms with van der Waals surface area (Å²) in [5, 5.41) is 28.1. The third-order valence-corrected chi connectivity index (χ3v) is 6.43. The van der Waals surface area contributed by atoms with Gasteiger partial charge in [0.15, 0.2) is 5.69 Å². The fourth-order valence-corrected chi connectivity index (χ4v) is 4.38. The standard InChI is InChI=1S/C34H19N5/c1-38-31-13-6-26(7-14-31)28-10-17-33(18-11-28)39(34-19-12-29(22-36)30(20-34)23-37)32-15-8-27(9-16-32)25-4-2-24(21-35)3-5-25/h2-20H. The number of nitrogens with zero attached hydrogens (tertiary/aromatic N) is 5. The van der Waals surface area contributed by atoms with Crippen LogP contribution in [0.3, 0.4) is 0 Å². The molecule has 0 aliphatic rings. The van der Waals surface area contributed by atoms with Crippen LogP contribution in [-0.2, 0) is 0 Å². The van der Waals surface area contributed by atoms with Crippen molar-refractivity contribution in [3.8, 4) is 40.5 Å². The van der Waals surface area contributed by atoms with Crippen molar-refractivity contribution in [1.82, 2.24) is 0 Å². The second-order valence-electron chi connectivity index (χ2n) is 8.73. The summed E-state index contributed by atoms with van der Waals surface area (Å²) in [4.78, 5) is 5.49. The number of hydrogen-bond acceptors (Lipinski definition) is 4. The molecule has 0 spiro atoms. The van der Waals surface area contributed by atoms with Crippen LogP contribution in [0.25, 0.3) is 27.1 Å². The summed E-state index contributed by atoms with van der Waals surface area (Å²) < 4.78 is 0. The molecule has 5 rings (SSSR count). The topological polar surface area (TPSA) is 79.0 Å². The zero-order valence-electron chi connectivity index (χ0n) is 20.7. The van der Waals surface area contributed by atoms with Crippen LogP contribution in [0, 0.1) is 40.6 Å². The van der Waals surface area contributed by atoms with Crippen molar-refractivity contribution >= 4 is 22.7 Å². The van der Waals surface area contributed by atoms with E-state index in [9.17, 15) is 10.5 Å². The molecule has 39 heavy (non-hydrogen) atoms. The molecule has 5 aromatic carbocycles. The molecule has 0 saturated carbocycles. The molecule has 0 saturated heterocycles. The molecular weight excluding hydrogens is 478 g/mol. The van der Waals surface area contributed by atoms with Gasteiger partial charge in [0.1, 0.15) is 12.1 Å². The summed E-state index contributed by atoms with van der Waals surface area (Å²) in [5.41, 5.74) is 8.42. The van der Waals surface area contributed by atoms with Crippen LogP contribution in [0.1, 0.15) is 16.7 Å². The smallest absolute Gasteiger partial charge is 0.187 e. The van der Waals surface area contributed by atoms with Crippen molar-refractivity contribution in [2.75, 3.05) is 4.90 Å². The number of nitriles is 3. The van der Waals surface area contributed by atoms with E-state index in [0.29, 0.717) is 22.4 Å². The van der Waals surface area contributed by atoms with E-state index in [0.717, 1.165) is 39.3 Å². The zero-order valence-corrected chi connectivity index (χ0v) is 20.7. The van der Waals surface area contributed by atoms with Gasteiger partial charge < -0.3 is 4.90 Å². The fraction of sp³-hybridized carbons (Fsp3) is 0. The molecule has 0 N–H and O–H groups in total. The molecule has 5 aromatic rings. The first-order valence-electron chi connectivity index (χ1n) is 12.1. The van der Waals surface area contributed by atoms with E-state index in [1.165, 1.54) is 0 Å². The minimum absolute atomic E-state index is 0.311. The molecule has 180 valence electrons. The molecule has 5 nitrogen and oxygen atoms in total. The number of benzene rings is 5. The minimum atomic E-state index is 0.311. The number of hydrogen-bond donors (Lipinski definition) is 0. The van der Waals surface area contributed by atoms with E-state index >= 15 is 0 Å².